The highest BCUT2D eigenvalue weighted by Crippen LogP contribution is 2.66. The third kappa shape index (κ3) is 8.96. The summed E-state index contributed by atoms with van der Waals surface area (Å²) in [6.45, 7) is 4.66. The van der Waals surface area contributed by atoms with Crippen molar-refractivity contribution in [1.82, 2.24) is 0 Å². The van der Waals surface area contributed by atoms with E-state index >= 15 is 0 Å². The third-order valence-electron chi connectivity index (χ3n) is 21.0. The molecule has 3 saturated carbocycles. The van der Waals surface area contributed by atoms with Gasteiger partial charge >= 0.3 is 0 Å². The Bertz CT molecular complexity index is 3800. The lowest BCUT2D eigenvalue weighted by molar-refractivity contribution is 0.443. The summed E-state index contributed by atoms with van der Waals surface area (Å²) in [7, 11) is 0. The van der Waals surface area contributed by atoms with Gasteiger partial charge in [-0.2, -0.15) is 0 Å². The fraction of sp³-hybridized carbons (Fsp3) is 0.309. The molecule has 1 atom stereocenters. The van der Waals surface area contributed by atoms with Crippen LogP contribution < -0.4 is 9.80 Å². The van der Waals surface area contributed by atoms with Crippen molar-refractivity contribution in [2.45, 2.75) is 159 Å². The maximum absolute atomic E-state index is 2.65. The lowest BCUT2D eigenvalue weighted by Crippen LogP contribution is -2.26. The Morgan fingerprint density at radius 2 is 0.843 bits per heavy atom. The molecule has 0 aromatic heterocycles. The van der Waals surface area contributed by atoms with Crippen molar-refractivity contribution >= 4 is 55.7 Å². The summed E-state index contributed by atoms with van der Waals surface area (Å²) in [6.07, 6.45) is 23.5. The fourth-order valence-corrected chi connectivity index (χ4v) is 16.8. The van der Waals surface area contributed by atoms with Crippen LogP contribution in [0.2, 0.25) is 0 Å². The molecule has 5 aliphatic rings. The summed E-state index contributed by atoms with van der Waals surface area (Å²) in [5, 5.41) is 5.13. The average Bonchev–Trinajstić information content (AvgIpc) is 1.58. The van der Waals surface area contributed by atoms with Crippen molar-refractivity contribution in [2.24, 2.45) is 0 Å². The number of anilines is 6. The SMILES string of the molecule is CCCC(CC)c1ccc(N(c2ccc(C3CCCCC3)cc2)c2ccc3c4c(ccc3c2)-c2c(cc(N(c3ccc(C5CCCCC5)cc3)c3ccc(C5CCCCC5)cc3)c3ccccc23)C42c3ccccc3-c3ccccc32)cc1. The van der Waals surface area contributed by atoms with Gasteiger partial charge in [0, 0.05) is 33.8 Å². The number of hydrogen-bond acceptors (Lipinski definition) is 2. The van der Waals surface area contributed by atoms with Crippen LogP contribution in [-0.4, -0.2) is 0 Å². The van der Waals surface area contributed by atoms with Crippen molar-refractivity contribution in [3.63, 3.8) is 0 Å². The number of rotatable bonds is 13. The van der Waals surface area contributed by atoms with Crippen molar-refractivity contribution in [2.75, 3.05) is 9.80 Å². The van der Waals surface area contributed by atoms with Crippen LogP contribution in [0.5, 0.6) is 0 Å². The number of hydrogen-bond donors (Lipinski definition) is 0. The summed E-state index contributed by atoms with van der Waals surface area (Å²) in [5.41, 5.74) is 23.4. The van der Waals surface area contributed by atoms with Crippen LogP contribution >= 0.6 is 0 Å². The fourth-order valence-electron chi connectivity index (χ4n) is 16.8. The molecule has 414 valence electrons. The van der Waals surface area contributed by atoms with E-state index in [9.17, 15) is 0 Å². The summed E-state index contributed by atoms with van der Waals surface area (Å²) < 4.78 is 0. The Kier molecular flexibility index (Phi) is 13.9. The molecule has 0 heterocycles. The van der Waals surface area contributed by atoms with E-state index in [4.69, 9.17) is 0 Å². The van der Waals surface area contributed by atoms with E-state index in [1.165, 1.54) is 232 Å². The van der Waals surface area contributed by atoms with Gasteiger partial charge in [0.25, 0.3) is 0 Å². The van der Waals surface area contributed by atoms with Gasteiger partial charge in [0.15, 0.2) is 0 Å². The highest BCUT2D eigenvalue weighted by Gasteiger charge is 2.53. The van der Waals surface area contributed by atoms with Crippen LogP contribution in [0.25, 0.3) is 43.8 Å². The second kappa shape index (κ2) is 22.1. The molecule has 5 aliphatic carbocycles. The first kappa shape index (κ1) is 52.1. The molecule has 0 saturated heterocycles. The minimum atomic E-state index is -0.586. The summed E-state index contributed by atoms with van der Waals surface area (Å²) >= 11 is 0. The van der Waals surface area contributed by atoms with Crippen LogP contribution in [0.1, 0.15) is 198 Å². The lowest BCUT2D eigenvalue weighted by Gasteiger charge is -2.34. The summed E-state index contributed by atoms with van der Waals surface area (Å²) in [5.74, 6) is 2.52. The van der Waals surface area contributed by atoms with E-state index in [0.717, 1.165) is 6.42 Å². The van der Waals surface area contributed by atoms with Crippen LogP contribution in [-0.2, 0) is 5.41 Å². The van der Waals surface area contributed by atoms with Crippen LogP contribution in [0, 0.1) is 0 Å². The molecule has 0 aliphatic heterocycles. The monoisotopic (exact) mass is 1080 g/mol. The molecule has 10 aromatic carbocycles. The molecule has 0 bridgehead atoms. The zero-order valence-electron chi connectivity index (χ0n) is 49.1. The lowest BCUT2D eigenvalue weighted by atomic mass is 9.69. The Labute approximate surface area is 494 Å². The zero-order chi connectivity index (χ0) is 55.4. The Morgan fingerprint density at radius 1 is 0.386 bits per heavy atom. The van der Waals surface area contributed by atoms with Crippen molar-refractivity contribution in [3.8, 4) is 22.3 Å². The molecule has 10 aromatic rings. The molecule has 2 heteroatoms. The van der Waals surface area contributed by atoms with Gasteiger partial charge in [0.05, 0.1) is 11.1 Å². The molecular weight excluding hydrogens is 1000 g/mol. The van der Waals surface area contributed by atoms with E-state index < -0.39 is 5.41 Å². The maximum atomic E-state index is 2.65. The quantitative estimate of drug-likeness (QED) is 0.114. The number of benzene rings is 10. The van der Waals surface area contributed by atoms with E-state index in [0.29, 0.717) is 23.7 Å². The predicted molar refractivity (Wildman–Crippen MR) is 353 cm³/mol. The molecule has 2 nitrogen and oxygen atoms in total. The summed E-state index contributed by atoms with van der Waals surface area (Å²) in [6, 6.07) is 81.9. The topological polar surface area (TPSA) is 6.48 Å². The highest BCUT2D eigenvalue weighted by molar-refractivity contribution is 6.15. The van der Waals surface area contributed by atoms with Crippen LogP contribution in [0.15, 0.2) is 206 Å². The van der Waals surface area contributed by atoms with Gasteiger partial charge in [0.1, 0.15) is 0 Å². The minimum absolute atomic E-state index is 0.577. The standard InChI is InChI=1S/C81H80N2/c1-3-20-55(4-2)59-33-42-64(43-34-59)82(65-44-35-60(36-45-65)56-21-8-5-9-22-56)68-50-52-69-63(53-68)41-51-74-79-73-30-15-14-29-72(73)78(54-77(79)81(80(69)74)75-31-18-16-27-70(75)71-28-17-19-32-76(71)81)83(66-46-37-61(38-47-66)57-23-10-6-11-24-57)67-48-39-62(40-49-67)58-25-12-7-13-26-58/h14-19,27-58H,3-13,20-26H2,1-2H3. The predicted octanol–water partition coefficient (Wildman–Crippen LogP) is 23.7. The first-order valence-corrected chi connectivity index (χ1v) is 32.4. The average molecular weight is 1080 g/mol. The van der Waals surface area contributed by atoms with Crippen LogP contribution in [0.4, 0.5) is 34.1 Å². The van der Waals surface area contributed by atoms with Crippen LogP contribution in [0.3, 0.4) is 0 Å². The molecule has 15 rings (SSSR count). The van der Waals surface area contributed by atoms with Gasteiger partial charge in [-0.1, -0.05) is 218 Å². The third-order valence-corrected chi connectivity index (χ3v) is 21.0. The van der Waals surface area contributed by atoms with Gasteiger partial charge in [-0.25, -0.2) is 0 Å². The molecule has 0 radical (unpaired) electrons. The molecule has 1 spiro atoms. The van der Waals surface area contributed by atoms with Crippen molar-refractivity contribution in [1.29, 1.82) is 0 Å². The second-order valence-corrected chi connectivity index (χ2v) is 25.5. The number of nitrogens with zero attached hydrogens (tertiary/aromatic N) is 2. The first-order valence-electron chi connectivity index (χ1n) is 32.4. The zero-order valence-corrected chi connectivity index (χ0v) is 49.1. The highest BCUT2D eigenvalue weighted by atomic mass is 15.1. The van der Waals surface area contributed by atoms with E-state index in [2.05, 4.69) is 230 Å². The largest absolute Gasteiger partial charge is 0.310 e. The van der Waals surface area contributed by atoms with Gasteiger partial charge < -0.3 is 9.80 Å². The van der Waals surface area contributed by atoms with Gasteiger partial charge in [-0.15, -0.1) is 0 Å². The second-order valence-electron chi connectivity index (χ2n) is 25.5. The maximum Gasteiger partial charge on any atom is 0.0732 e. The Balaban J connectivity index is 0.934. The minimum Gasteiger partial charge on any atom is -0.310 e. The molecule has 3 fully saturated rings. The summed E-state index contributed by atoms with van der Waals surface area (Å²) in [4.78, 5) is 5.13. The van der Waals surface area contributed by atoms with E-state index in [1.54, 1.807) is 0 Å². The van der Waals surface area contributed by atoms with Gasteiger partial charge in [-0.05, 0) is 225 Å². The molecule has 83 heavy (non-hydrogen) atoms. The van der Waals surface area contributed by atoms with Crippen molar-refractivity contribution in [3.05, 3.63) is 251 Å². The normalized spacial score (nSPS) is 17.1. The number of fused-ring (bicyclic) bond motifs is 14. The smallest absolute Gasteiger partial charge is 0.0732 e. The molecule has 0 N–H and O–H groups in total. The Morgan fingerprint density at radius 3 is 1.35 bits per heavy atom. The van der Waals surface area contributed by atoms with E-state index in [1.807, 2.05) is 0 Å². The van der Waals surface area contributed by atoms with E-state index in [-0.39, 0.29) is 0 Å². The van der Waals surface area contributed by atoms with Gasteiger partial charge in [0.2, 0.25) is 0 Å². The van der Waals surface area contributed by atoms with Crippen molar-refractivity contribution < 1.29 is 0 Å². The Hall–Kier alpha value is -7.68. The first-order chi connectivity index (χ1) is 41.1. The van der Waals surface area contributed by atoms with Gasteiger partial charge in [-0.3, -0.25) is 0 Å². The molecule has 0 amide bonds. The molecule has 1 unspecified atom stereocenters. The molecular formula is C81H80N2.